The smallest absolute Gasteiger partial charge is 0.330 e. The molecule has 0 radical (unpaired) electrons. The topological polar surface area (TPSA) is 67.3 Å². The van der Waals surface area contributed by atoms with E-state index in [2.05, 4.69) is 20.2 Å². The predicted octanol–water partition coefficient (Wildman–Crippen LogP) is 3.39. The Kier molecular flexibility index (Phi) is 6.79. The first-order chi connectivity index (χ1) is 13.1. The molecule has 1 aliphatic rings. The number of pyridine rings is 2. The summed E-state index contributed by atoms with van der Waals surface area (Å²) in [5, 5.41) is 3.95. The molecule has 0 amide bonds. The monoisotopic (exact) mass is 386 g/mol. The van der Waals surface area contributed by atoms with Crippen LogP contribution in [0.15, 0.2) is 42.7 Å². The Morgan fingerprint density at radius 1 is 1.44 bits per heavy atom. The quantitative estimate of drug-likeness (QED) is 0.581. The first-order valence-electron chi connectivity index (χ1n) is 9.03. The van der Waals surface area contributed by atoms with E-state index in [0.717, 1.165) is 37.3 Å². The van der Waals surface area contributed by atoms with Crippen LogP contribution in [0.25, 0.3) is 6.08 Å². The van der Waals surface area contributed by atoms with Crippen LogP contribution in [0.2, 0.25) is 5.02 Å². The van der Waals surface area contributed by atoms with Gasteiger partial charge in [-0.25, -0.2) is 9.78 Å². The molecule has 1 saturated heterocycles. The van der Waals surface area contributed by atoms with Crippen LogP contribution >= 0.6 is 11.6 Å². The highest BCUT2D eigenvalue weighted by atomic mass is 35.5. The van der Waals surface area contributed by atoms with Crippen molar-refractivity contribution in [1.82, 2.24) is 14.9 Å². The molecule has 27 heavy (non-hydrogen) atoms. The van der Waals surface area contributed by atoms with Gasteiger partial charge >= 0.3 is 5.97 Å². The summed E-state index contributed by atoms with van der Waals surface area (Å²) in [6.45, 7) is 4.89. The van der Waals surface area contributed by atoms with Crippen LogP contribution < -0.4 is 5.32 Å². The Balaban J connectivity index is 1.54. The molecule has 0 bridgehead atoms. The van der Waals surface area contributed by atoms with Gasteiger partial charge in [0.2, 0.25) is 0 Å². The number of halogens is 1. The van der Waals surface area contributed by atoms with E-state index >= 15 is 0 Å². The van der Waals surface area contributed by atoms with Gasteiger partial charge in [0.1, 0.15) is 5.82 Å². The summed E-state index contributed by atoms with van der Waals surface area (Å²) in [4.78, 5) is 22.5. The number of ether oxygens (including phenoxy) is 1. The zero-order valence-electron chi connectivity index (χ0n) is 15.3. The number of hydrogen-bond acceptors (Lipinski definition) is 6. The third-order valence-electron chi connectivity index (χ3n) is 4.29. The minimum absolute atomic E-state index is 0.291. The molecule has 6 nitrogen and oxygen atoms in total. The van der Waals surface area contributed by atoms with Gasteiger partial charge in [-0.05, 0) is 43.2 Å². The van der Waals surface area contributed by atoms with Crippen molar-refractivity contribution >= 4 is 29.5 Å². The molecule has 7 heteroatoms. The maximum absolute atomic E-state index is 11.4. The van der Waals surface area contributed by atoms with Crippen LogP contribution in [-0.2, 0) is 16.1 Å². The fraction of sp³-hybridized carbons (Fsp3) is 0.350. The molecule has 142 valence electrons. The lowest BCUT2D eigenvalue weighted by Crippen LogP contribution is -2.26. The number of rotatable bonds is 7. The van der Waals surface area contributed by atoms with Crippen LogP contribution in [0.5, 0.6) is 0 Å². The predicted molar refractivity (Wildman–Crippen MR) is 106 cm³/mol. The normalized spacial score (nSPS) is 17.3. The third kappa shape index (κ3) is 5.77. The largest absolute Gasteiger partial charge is 0.463 e. The van der Waals surface area contributed by atoms with Gasteiger partial charge in [-0.3, -0.25) is 9.88 Å². The number of likely N-dealkylation sites (tertiary alicyclic amines) is 1. The van der Waals surface area contributed by atoms with Crippen molar-refractivity contribution in [1.29, 1.82) is 0 Å². The summed E-state index contributed by atoms with van der Waals surface area (Å²) < 4.78 is 4.86. The standard InChI is InChI=1S/C20H23ClN4O2/c1-2-27-19(26)7-6-15-11-18(21)20(23-12-15)24-17-8-10-25(14-17)13-16-5-3-4-9-22-16/h3-7,9,11-12,17H,2,8,10,13-14H2,1H3,(H,23,24)/b7-6+/t17-/m1/s1. The van der Waals surface area contributed by atoms with Crippen molar-refractivity contribution in [3.05, 3.63) is 59.0 Å². The van der Waals surface area contributed by atoms with E-state index in [1.54, 1.807) is 25.3 Å². The van der Waals surface area contributed by atoms with E-state index in [1.807, 2.05) is 24.4 Å². The van der Waals surface area contributed by atoms with Crippen LogP contribution in [0.4, 0.5) is 5.82 Å². The number of esters is 1. The minimum atomic E-state index is -0.380. The van der Waals surface area contributed by atoms with Gasteiger partial charge in [0.25, 0.3) is 0 Å². The first kappa shape index (κ1) is 19.3. The van der Waals surface area contributed by atoms with E-state index in [1.165, 1.54) is 6.08 Å². The fourth-order valence-corrected chi connectivity index (χ4v) is 3.24. The molecule has 1 fully saturated rings. The highest BCUT2D eigenvalue weighted by Gasteiger charge is 2.23. The zero-order chi connectivity index (χ0) is 19.1. The summed E-state index contributed by atoms with van der Waals surface area (Å²) in [5.41, 5.74) is 1.83. The van der Waals surface area contributed by atoms with Crippen LogP contribution in [0.3, 0.4) is 0 Å². The van der Waals surface area contributed by atoms with Gasteiger partial charge in [-0.15, -0.1) is 0 Å². The summed E-state index contributed by atoms with van der Waals surface area (Å²) in [5.74, 6) is 0.282. The minimum Gasteiger partial charge on any atom is -0.463 e. The second-order valence-corrected chi connectivity index (χ2v) is 6.78. The van der Waals surface area contributed by atoms with Gasteiger partial charge in [0.05, 0.1) is 17.3 Å². The second-order valence-electron chi connectivity index (χ2n) is 6.37. The third-order valence-corrected chi connectivity index (χ3v) is 4.57. The molecule has 0 aromatic carbocycles. The van der Waals surface area contributed by atoms with Gasteiger partial charge in [-0.2, -0.15) is 0 Å². The number of nitrogens with one attached hydrogen (secondary N) is 1. The lowest BCUT2D eigenvalue weighted by atomic mass is 10.2. The van der Waals surface area contributed by atoms with Crippen molar-refractivity contribution in [3.63, 3.8) is 0 Å². The number of nitrogens with zero attached hydrogens (tertiary/aromatic N) is 3. The van der Waals surface area contributed by atoms with Gasteiger partial charge in [0, 0.05) is 44.1 Å². The molecule has 3 heterocycles. The molecule has 0 spiro atoms. The fourth-order valence-electron chi connectivity index (χ4n) is 3.01. The number of aromatic nitrogens is 2. The first-order valence-corrected chi connectivity index (χ1v) is 9.41. The Labute approximate surface area is 164 Å². The lowest BCUT2D eigenvalue weighted by Gasteiger charge is -2.17. The number of anilines is 1. The zero-order valence-corrected chi connectivity index (χ0v) is 16.0. The molecule has 1 aliphatic heterocycles. The molecule has 1 atom stereocenters. The number of carbonyl (C=O) groups is 1. The van der Waals surface area contributed by atoms with Gasteiger partial charge in [0.15, 0.2) is 0 Å². The molecule has 3 rings (SSSR count). The Morgan fingerprint density at radius 3 is 3.07 bits per heavy atom. The lowest BCUT2D eigenvalue weighted by molar-refractivity contribution is -0.137. The highest BCUT2D eigenvalue weighted by Crippen LogP contribution is 2.24. The van der Waals surface area contributed by atoms with Crippen LogP contribution in [0, 0.1) is 0 Å². The van der Waals surface area contributed by atoms with E-state index in [4.69, 9.17) is 16.3 Å². The van der Waals surface area contributed by atoms with Crippen molar-refractivity contribution in [3.8, 4) is 0 Å². The van der Waals surface area contributed by atoms with Gasteiger partial charge in [-0.1, -0.05) is 17.7 Å². The Bertz CT molecular complexity index is 798. The average molecular weight is 387 g/mol. The molecule has 2 aromatic rings. The average Bonchev–Trinajstić information content (AvgIpc) is 3.10. The Morgan fingerprint density at radius 2 is 2.33 bits per heavy atom. The molecule has 0 aliphatic carbocycles. The van der Waals surface area contributed by atoms with Crippen LogP contribution in [0.1, 0.15) is 24.6 Å². The van der Waals surface area contributed by atoms with Crippen molar-refractivity contribution in [2.24, 2.45) is 0 Å². The van der Waals surface area contributed by atoms with Gasteiger partial charge < -0.3 is 10.1 Å². The van der Waals surface area contributed by atoms with Crippen molar-refractivity contribution in [2.45, 2.75) is 25.9 Å². The van der Waals surface area contributed by atoms with E-state index < -0.39 is 0 Å². The van der Waals surface area contributed by atoms with E-state index in [-0.39, 0.29) is 5.97 Å². The maximum Gasteiger partial charge on any atom is 0.330 e. The molecule has 2 aromatic heterocycles. The molecular formula is C20H23ClN4O2. The second kappa shape index (κ2) is 9.48. The summed E-state index contributed by atoms with van der Waals surface area (Å²) in [6, 6.07) is 8.06. The Hall–Kier alpha value is -2.44. The number of carbonyl (C=O) groups excluding carboxylic acids is 1. The van der Waals surface area contributed by atoms with E-state index in [9.17, 15) is 4.79 Å². The molecule has 1 N–H and O–H groups in total. The molecule has 0 unspecified atom stereocenters. The highest BCUT2D eigenvalue weighted by molar-refractivity contribution is 6.33. The molecule has 0 saturated carbocycles. The summed E-state index contributed by atoms with van der Waals surface area (Å²) >= 11 is 6.35. The number of hydrogen-bond donors (Lipinski definition) is 1. The molecular weight excluding hydrogens is 364 g/mol. The SMILES string of the molecule is CCOC(=O)/C=C/c1cnc(N[C@@H]2CCN(Cc3ccccn3)C2)c(Cl)c1. The van der Waals surface area contributed by atoms with Crippen LogP contribution in [-0.4, -0.2) is 46.6 Å². The summed E-state index contributed by atoms with van der Waals surface area (Å²) in [6.07, 6.45) is 7.55. The summed E-state index contributed by atoms with van der Waals surface area (Å²) in [7, 11) is 0. The van der Waals surface area contributed by atoms with E-state index in [0.29, 0.717) is 23.5 Å². The maximum atomic E-state index is 11.4. The van der Waals surface area contributed by atoms with Crippen molar-refractivity contribution in [2.75, 3.05) is 25.0 Å². The van der Waals surface area contributed by atoms with Crippen molar-refractivity contribution < 1.29 is 9.53 Å².